The summed E-state index contributed by atoms with van der Waals surface area (Å²) in [5.74, 6) is 0. The van der Waals surface area contributed by atoms with Gasteiger partial charge in [-0.25, -0.2) is 0 Å². The lowest BCUT2D eigenvalue weighted by molar-refractivity contribution is 0.0926. The minimum absolute atomic E-state index is 0.507. The Kier molecular flexibility index (Phi) is 5.80. The zero-order chi connectivity index (χ0) is 12.7. The fraction of sp³-hybridized carbons (Fsp3) is 0.500. The van der Waals surface area contributed by atoms with Crippen LogP contribution in [-0.2, 0) is 26.4 Å². The Bertz CT molecular complexity index is 317. The lowest BCUT2D eigenvalue weighted by Gasteiger charge is -2.25. The van der Waals surface area contributed by atoms with Crippen molar-refractivity contribution in [2.45, 2.75) is 26.1 Å². The van der Waals surface area contributed by atoms with Crippen molar-refractivity contribution < 1.29 is 13.3 Å². The van der Waals surface area contributed by atoms with Crippen molar-refractivity contribution >= 4 is 8.80 Å². The Morgan fingerprint density at radius 2 is 1.59 bits per heavy atom. The highest BCUT2D eigenvalue weighted by Crippen LogP contribution is 2.16. The highest BCUT2D eigenvalue weighted by molar-refractivity contribution is 6.60. The monoisotopic (exact) mass is 255 g/mol. The van der Waals surface area contributed by atoms with Crippen molar-refractivity contribution in [3.63, 3.8) is 0 Å². The van der Waals surface area contributed by atoms with Crippen LogP contribution in [0.2, 0.25) is 6.04 Å². The topological polar surface area (TPSA) is 53.7 Å². The molecule has 0 atom stereocenters. The van der Waals surface area contributed by atoms with Gasteiger partial charge in [0.05, 0.1) is 6.61 Å². The third-order valence-corrected chi connectivity index (χ3v) is 5.47. The number of hydrogen-bond acceptors (Lipinski definition) is 4. The van der Waals surface area contributed by atoms with Gasteiger partial charge in [-0.1, -0.05) is 31.2 Å². The van der Waals surface area contributed by atoms with Gasteiger partial charge < -0.3 is 19.0 Å². The second-order valence-electron chi connectivity index (χ2n) is 3.75. The average Bonchev–Trinajstić information content (AvgIpc) is 2.41. The molecule has 17 heavy (non-hydrogen) atoms. The largest absolute Gasteiger partial charge is 0.500 e. The third kappa shape index (κ3) is 3.90. The van der Waals surface area contributed by atoms with Crippen LogP contribution < -0.4 is 5.73 Å². The van der Waals surface area contributed by atoms with E-state index in [2.05, 4.69) is 0 Å². The minimum Gasteiger partial charge on any atom is -0.377 e. The molecule has 96 valence electrons. The molecule has 0 fully saturated rings. The van der Waals surface area contributed by atoms with E-state index in [4.69, 9.17) is 19.0 Å². The van der Waals surface area contributed by atoms with Gasteiger partial charge in [-0.3, -0.25) is 0 Å². The van der Waals surface area contributed by atoms with Gasteiger partial charge >= 0.3 is 8.80 Å². The summed E-state index contributed by atoms with van der Waals surface area (Å²) < 4.78 is 16.6. The summed E-state index contributed by atoms with van der Waals surface area (Å²) >= 11 is 0. The maximum absolute atomic E-state index is 5.80. The molecule has 0 aliphatic rings. The SMILES string of the molecule is CC[Si](OC)(OC)OCc1ccc(CN)cc1. The highest BCUT2D eigenvalue weighted by Gasteiger charge is 2.36. The van der Waals surface area contributed by atoms with Crippen molar-refractivity contribution in [3.8, 4) is 0 Å². The van der Waals surface area contributed by atoms with Crippen molar-refractivity contribution in [1.82, 2.24) is 0 Å². The van der Waals surface area contributed by atoms with Crippen LogP contribution >= 0.6 is 0 Å². The molecule has 0 aliphatic heterocycles. The van der Waals surface area contributed by atoms with Crippen molar-refractivity contribution in [1.29, 1.82) is 0 Å². The number of rotatable bonds is 7. The van der Waals surface area contributed by atoms with Gasteiger partial charge in [0.15, 0.2) is 0 Å². The van der Waals surface area contributed by atoms with Crippen LogP contribution in [0.15, 0.2) is 24.3 Å². The zero-order valence-electron chi connectivity index (χ0n) is 10.7. The summed E-state index contributed by atoms with van der Waals surface area (Å²) in [7, 11) is 0.825. The number of nitrogens with two attached hydrogens (primary N) is 1. The van der Waals surface area contributed by atoms with E-state index in [1.807, 2.05) is 31.2 Å². The van der Waals surface area contributed by atoms with Gasteiger partial charge in [-0.05, 0) is 11.1 Å². The molecule has 0 heterocycles. The van der Waals surface area contributed by atoms with Crippen LogP contribution in [0.25, 0.3) is 0 Å². The normalized spacial score (nSPS) is 11.8. The van der Waals surface area contributed by atoms with Gasteiger partial charge in [-0.15, -0.1) is 0 Å². The standard InChI is InChI=1S/C12H21NO3Si/c1-4-17(14-2,15-3)16-10-12-7-5-11(9-13)6-8-12/h5-8H,4,9-10,13H2,1-3H3. The molecule has 1 aromatic rings. The summed E-state index contributed by atoms with van der Waals surface area (Å²) in [4.78, 5) is 0. The average molecular weight is 255 g/mol. The molecule has 5 heteroatoms. The van der Waals surface area contributed by atoms with E-state index in [1.165, 1.54) is 0 Å². The smallest absolute Gasteiger partial charge is 0.377 e. The lowest BCUT2D eigenvalue weighted by atomic mass is 10.1. The molecule has 1 aromatic carbocycles. The Labute approximate surface area is 104 Å². The Balaban J connectivity index is 2.59. The fourth-order valence-corrected chi connectivity index (χ4v) is 3.13. The van der Waals surface area contributed by atoms with E-state index in [-0.39, 0.29) is 0 Å². The summed E-state index contributed by atoms with van der Waals surface area (Å²) in [6, 6.07) is 8.81. The van der Waals surface area contributed by atoms with E-state index in [9.17, 15) is 0 Å². The molecule has 0 unspecified atom stereocenters. The lowest BCUT2D eigenvalue weighted by Crippen LogP contribution is -2.42. The first-order valence-corrected chi connectivity index (χ1v) is 7.65. The predicted octanol–water partition coefficient (Wildman–Crippen LogP) is 1.91. The molecular weight excluding hydrogens is 234 g/mol. The molecule has 2 N–H and O–H groups in total. The van der Waals surface area contributed by atoms with Crippen LogP contribution in [0.3, 0.4) is 0 Å². The van der Waals surface area contributed by atoms with Crippen LogP contribution in [0.1, 0.15) is 18.1 Å². The summed E-state index contributed by atoms with van der Waals surface area (Å²) in [5, 5.41) is 0. The molecule has 0 bridgehead atoms. The maximum atomic E-state index is 5.80. The third-order valence-electron chi connectivity index (χ3n) is 2.77. The Hall–Kier alpha value is -0.723. The van der Waals surface area contributed by atoms with Gasteiger partial charge in [0.25, 0.3) is 0 Å². The summed E-state index contributed by atoms with van der Waals surface area (Å²) in [5.41, 5.74) is 7.76. The van der Waals surface area contributed by atoms with Crippen LogP contribution in [0, 0.1) is 0 Å². The van der Waals surface area contributed by atoms with Gasteiger partial charge in [0.1, 0.15) is 0 Å². The first-order chi connectivity index (χ1) is 8.19. The Morgan fingerprint density at radius 3 is 2.00 bits per heavy atom. The second-order valence-corrected chi connectivity index (χ2v) is 6.93. The molecule has 0 radical (unpaired) electrons. The molecule has 0 aliphatic carbocycles. The van der Waals surface area contributed by atoms with Gasteiger partial charge in [-0.2, -0.15) is 0 Å². The first kappa shape index (κ1) is 14.3. The molecule has 0 amide bonds. The quantitative estimate of drug-likeness (QED) is 0.756. The Morgan fingerprint density at radius 1 is 1.06 bits per heavy atom. The van der Waals surface area contributed by atoms with E-state index in [1.54, 1.807) is 14.2 Å². The fourth-order valence-electron chi connectivity index (χ4n) is 1.56. The minimum atomic E-state index is -2.45. The molecular formula is C12H21NO3Si. The number of benzene rings is 1. The summed E-state index contributed by atoms with van der Waals surface area (Å²) in [6.07, 6.45) is 0. The van der Waals surface area contributed by atoms with Crippen LogP contribution in [0.5, 0.6) is 0 Å². The first-order valence-electron chi connectivity index (χ1n) is 5.71. The molecule has 0 spiro atoms. The second kappa shape index (κ2) is 6.88. The molecule has 0 aromatic heterocycles. The van der Waals surface area contributed by atoms with E-state index >= 15 is 0 Å². The molecule has 0 saturated carbocycles. The van der Waals surface area contributed by atoms with E-state index in [0.717, 1.165) is 17.2 Å². The van der Waals surface area contributed by atoms with Gasteiger partial charge in [0.2, 0.25) is 0 Å². The molecule has 4 nitrogen and oxygen atoms in total. The van der Waals surface area contributed by atoms with Crippen molar-refractivity contribution in [2.24, 2.45) is 5.73 Å². The van der Waals surface area contributed by atoms with E-state index in [0.29, 0.717) is 13.2 Å². The predicted molar refractivity (Wildman–Crippen MR) is 69.4 cm³/mol. The van der Waals surface area contributed by atoms with E-state index < -0.39 is 8.80 Å². The van der Waals surface area contributed by atoms with Crippen LogP contribution in [-0.4, -0.2) is 23.0 Å². The number of hydrogen-bond donors (Lipinski definition) is 1. The summed E-state index contributed by atoms with van der Waals surface area (Å²) in [6.45, 7) is 3.08. The highest BCUT2D eigenvalue weighted by atomic mass is 28.4. The van der Waals surface area contributed by atoms with Crippen LogP contribution in [0.4, 0.5) is 0 Å². The molecule has 0 saturated heterocycles. The molecule has 1 rings (SSSR count). The van der Waals surface area contributed by atoms with Gasteiger partial charge in [0, 0.05) is 26.8 Å². The maximum Gasteiger partial charge on any atom is 0.500 e. The zero-order valence-corrected chi connectivity index (χ0v) is 11.7. The van der Waals surface area contributed by atoms with Crippen molar-refractivity contribution in [2.75, 3.05) is 14.2 Å². The van der Waals surface area contributed by atoms with Crippen molar-refractivity contribution in [3.05, 3.63) is 35.4 Å².